The lowest BCUT2D eigenvalue weighted by atomic mass is 9.61. The largest absolute Gasteiger partial charge is 0.465 e. The van der Waals surface area contributed by atoms with Gasteiger partial charge in [0.25, 0.3) is 0 Å². The number of benzene rings is 1. The van der Waals surface area contributed by atoms with Crippen LogP contribution < -0.4 is 0 Å². The van der Waals surface area contributed by atoms with Crippen LogP contribution in [0.5, 0.6) is 0 Å². The fourth-order valence-electron chi connectivity index (χ4n) is 8.01. The van der Waals surface area contributed by atoms with Crippen LogP contribution >= 0.6 is 0 Å². The second-order valence-electron chi connectivity index (χ2n) is 18.5. The van der Waals surface area contributed by atoms with Crippen LogP contribution in [-0.4, -0.2) is 41.9 Å². The smallest absolute Gasteiger partial charge is 0.337 e. The maximum atomic E-state index is 12.0. The number of fused-ring (bicyclic) bond motifs is 1. The van der Waals surface area contributed by atoms with Crippen molar-refractivity contribution in [2.75, 3.05) is 7.11 Å². The van der Waals surface area contributed by atoms with Gasteiger partial charge in [-0.2, -0.15) is 0 Å². The monoisotopic (exact) mass is 702 g/mol. The molecule has 0 N–H and O–H groups in total. The number of methoxy groups -OCH3 is 1. The van der Waals surface area contributed by atoms with E-state index in [0.29, 0.717) is 17.4 Å². The summed E-state index contributed by atoms with van der Waals surface area (Å²) < 4.78 is 19.1. The molecule has 6 atom stereocenters. The molecule has 0 amide bonds. The SMILES string of the molecule is C=C1C(=CC=C2CCC[C@@]3(C)C2CC[C@@H]3C(C)C#Cc2cccc(C(=O)OC)c2)CC(O[Si](C)(C)C(C)(C)C)CC1O[Si](C)(C)C(C)(C)C. The Morgan fingerprint density at radius 3 is 2.31 bits per heavy atom. The van der Waals surface area contributed by atoms with Gasteiger partial charge >= 0.3 is 5.97 Å². The Morgan fingerprint density at radius 2 is 1.67 bits per heavy atom. The molecule has 0 saturated heterocycles. The third-order valence-electron chi connectivity index (χ3n) is 13.1. The first-order valence-corrected chi connectivity index (χ1v) is 24.6. The highest BCUT2D eigenvalue weighted by atomic mass is 28.4. The minimum Gasteiger partial charge on any atom is -0.465 e. The topological polar surface area (TPSA) is 44.8 Å². The molecule has 4 rings (SSSR count). The normalized spacial score (nSPS) is 29.0. The second-order valence-corrected chi connectivity index (χ2v) is 28.0. The van der Waals surface area contributed by atoms with Gasteiger partial charge in [0.15, 0.2) is 16.6 Å². The Labute approximate surface area is 301 Å². The molecule has 4 nitrogen and oxygen atoms in total. The number of hydrogen-bond acceptors (Lipinski definition) is 4. The quantitative estimate of drug-likeness (QED) is 0.161. The summed E-state index contributed by atoms with van der Waals surface area (Å²) in [6, 6.07) is 7.47. The first kappa shape index (κ1) is 39.6. The first-order valence-electron chi connectivity index (χ1n) is 18.7. The molecule has 3 fully saturated rings. The van der Waals surface area contributed by atoms with Crippen LogP contribution in [0.25, 0.3) is 0 Å². The maximum absolute atomic E-state index is 12.0. The van der Waals surface area contributed by atoms with E-state index in [1.807, 2.05) is 18.2 Å². The van der Waals surface area contributed by atoms with E-state index in [1.54, 1.807) is 11.6 Å². The highest BCUT2D eigenvalue weighted by Crippen LogP contribution is 2.59. The summed E-state index contributed by atoms with van der Waals surface area (Å²) in [6.45, 7) is 32.9. The number of carbonyl (C=O) groups excluding carboxylic acids is 1. The molecule has 3 aliphatic carbocycles. The van der Waals surface area contributed by atoms with Crippen LogP contribution in [0.1, 0.15) is 116 Å². The van der Waals surface area contributed by atoms with E-state index in [0.717, 1.165) is 30.4 Å². The average molecular weight is 703 g/mol. The summed E-state index contributed by atoms with van der Waals surface area (Å²) in [5, 5.41) is 0.288. The number of carbonyl (C=O) groups is 1. The second kappa shape index (κ2) is 14.8. The molecule has 0 bridgehead atoms. The van der Waals surface area contributed by atoms with Crippen LogP contribution in [-0.2, 0) is 13.6 Å². The molecule has 270 valence electrons. The van der Waals surface area contributed by atoms with E-state index >= 15 is 0 Å². The standard InChI is InChI=1S/C43H66O4Si2/c1-30(20-21-32-17-15-18-35(27-32)40(44)45-10)37-24-25-38-33(19-16-26-43(37,38)9)22-23-34-28-36(46-48(11,12)41(3,4)5)29-39(31(34)2)47-49(13,14)42(6,7)8/h15,17-18,22-23,27,30,36-39H,2,16,19,24-26,28-29H2,1,3-14H3/t30?,36?,37-,38?,39?,43-/m1/s1. The zero-order valence-corrected chi connectivity index (χ0v) is 35.1. The summed E-state index contributed by atoms with van der Waals surface area (Å²) in [5.74, 6) is 8.04. The van der Waals surface area contributed by atoms with Crippen molar-refractivity contribution in [2.45, 2.75) is 149 Å². The van der Waals surface area contributed by atoms with Crippen LogP contribution in [0.3, 0.4) is 0 Å². The van der Waals surface area contributed by atoms with Crippen molar-refractivity contribution in [1.82, 2.24) is 0 Å². The molecule has 1 aromatic rings. The lowest BCUT2D eigenvalue weighted by molar-refractivity contribution is 0.0600. The molecule has 0 spiro atoms. The van der Waals surface area contributed by atoms with E-state index < -0.39 is 16.6 Å². The summed E-state index contributed by atoms with van der Waals surface area (Å²) in [4.78, 5) is 12.0. The van der Waals surface area contributed by atoms with Crippen molar-refractivity contribution in [3.63, 3.8) is 0 Å². The molecule has 6 heteroatoms. The van der Waals surface area contributed by atoms with Crippen LogP contribution in [0.15, 0.2) is 59.7 Å². The van der Waals surface area contributed by atoms with E-state index in [2.05, 4.69) is 112 Å². The molecular formula is C43H66O4Si2. The van der Waals surface area contributed by atoms with E-state index in [1.165, 1.54) is 38.4 Å². The van der Waals surface area contributed by atoms with Crippen molar-refractivity contribution in [3.8, 4) is 11.8 Å². The Kier molecular flexibility index (Phi) is 12.0. The highest BCUT2D eigenvalue weighted by molar-refractivity contribution is 6.74. The average Bonchev–Trinajstić information content (AvgIpc) is 3.36. The van der Waals surface area contributed by atoms with Gasteiger partial charge in [-0.3, -0.25) is 0 Å². The molecular weight excluding hydrogens is 637 g/mol. The van der Waals surface area contributed by atoms with Gasteiger partial charge in [0.1, 0.15) is 0 Å². The number of allylic oxidation sites excluding steroid dienone is 3. The summed E-state index contributed by atoms with van der Waals surface area (Å²) in [6.07, 6.45) is 12.8. The third kappa shape index (κ3) is 8.83. The van der Waals surface area contributed by atoms with Crippen molar-refractivity contribution < 1.29 is 18.4 Å². The van der Waals surface area contributed by atoms with Crippen molar-refractivity contribution in [1.29, 1.82) is 0 Å². The van der Waals surface area contributed by atoms with Gasteiger partial charge in [0, 0.05) is 17.9 Å². The molecule has 3 aliphatic rings. The molecule has 3 saturated carbocycles. The number of hydrogen-bond donors (Lipinski definition) is 0. The zero-order valence-electron chi connectivity index (χ0n) is 33.1. The molecule has 4 unspecified atom stereocenters. The summed E-state index contributed by atoms with van der Waals surface area (Å²) >= 11 is 0. The lowest BCUT2D eigenvalue weighted by Gasteiger charge is -2.45. The van der Waals surface area contributed by atoms with Crippen LogP contribution in [0.2, 0.25) is 36.3 Å². The van der Waals surface area contributed by atoms with Gasteiger partial charge in [0.2, 0.25) is 0 Å². The predicted molar refractivity (Wildman–Crippen MR) is 211 cm³/mol. The van der Waals surface area contributed by atoms with Gasteiger partial charge in [-0.1, -0.05) is 97.6 Å². The van der Waals surface area contributed by atoms with E-state index in [4.69, 9.17) is 13.6 Å². The van der Waals surface area contributed by atoms with Crippen molar-refractivity contribution >= 4 is 22.6 Å². The molecule has 0 aliphatic heterocycles. The summed E-state index contributed by atoms with van der Waals surface area (Å²) in [7, 11) is -2.55. The number of esters is 1. The molecule has 0 aromatic heterocycles. The Morgan fingerprint density at radius 1 is 1.02 bits per heavy atom. The zero-order chi connectivity index (χ0) is 36.6. The Hall–Kier alpha value is -2.18. The Bertz CT molecular complexity index is 1510. The van der Waals surface area contributed by atoms with E-state index in [-0.39, 0.29) is 39.6 Å². The van der Waals surface area contributed by atoms with Gasteiger partial charge in [-0.15, -0.1) is 0 Å². The molecule has 1 aromatic carbocycles. The highest BCUT2D eigenvalue weighted by Gasteiger charge is 2.51. The van der Waals surface area contributed by atoms with Gasteiger partial charge in [0.05, 0.1) is 24.9 Å². The third-order valence-corrected chi connectivity index (χ3v) is 22.1. The predicted octanol–water partition coefficient (Wildman–Crippen LogP) is 11.7. The van der Waals surface area contributed by atoms with Gasteiger partial charge in [-0.25, -0.2) is 4.79 Å². The fraction of sp³-hybridized carbons (Fsp3) is 0.651. The molecule has 0 heterocycles. The van der Waals surface area contributed by atoms with E-state index in [9.17, 15) is 4.79 Å². The lowest BCUT2D eigenvalue weighted by Crippen LogP contribution is -2.49. The first-order chi connectivity index (χ1) is 22.6. The van der Waals surface area contributed by atoms with Crippen LogP contribution in [0.4, 0.5) is 0 Å². The maximum Gasteiger partial charge on any atom is 0.337 e. The minimum atomic E-state index is -2.01. The van der Waals surface area contributed by atoms with Gasteiger partial charge in [-0.05, 0) is 121 Å². The minimum absolute atomic E-state index is 0.00530. The molecule has 49 heavy (non-hydrogen) atoms. The van der Waals surface area contributed by atoms with Gasteiger partial charge < -0.3 is 13.6 Å². The van der Waals surface area contributed by atoms with Crippen molar-refractivity contribution in [3.05, 3.63) is 70.8 Å². The number of ether oxygens (including phenoxy) is 1. The Balaban J connectivity index is 1.59. The van der Waals surface area contributed by atoms with Crippen molar-refractivity contribution in [2.24, 2.45) is 23.2 Å². The summed E-state index contributed by atoms with van der Waals surface area (Å²) in [5.41, 5.74) is 5.70. The van der Waals surface area contributed by atoms with Crippen LogP contribution in [0, 0.1) is 35.0 Å². The molecule has 0 radical (unpaired) electrons. The fourth-order valence-corrected chi connectivity index (χ4v) is 10.7. The number of rotatable bonds is 7.